The van der Waals surface area contributed by atoms with E-state index >= 15 is 0 Å². The maximum absolute atomic E-state index is 12.2. The van der Waals surface area contributed by atoms with Gasteiger partial charge in [0.25, 0.3) is 0 Å². The van der Waals surface area contributed by atoms with E-state index in [0.29, 0.717) is 19.5 Å². The first-order valence-electron chi connectivity index (χ1n) is 6.24. The molecule has 0 aliphatic carbocycles. The summed E-state index contributed by atoms with van der Waals surface area (Å²) in [5.41, 5.74) is 1.09. The normalized spacial score (nSPS) is 16.6. The van der Waals surface area contributed by atoms with Gasteiger partial charge in [0.05, 0.1) is 0 Å². The molecule has 0 N–H and O–H groups in total. The molecule has 0 aromatic heterocycles. The van der Waals surface area contributed by atoms with Crippen molar-refractivity contribution in [3.63, 3.8) is 0 Å². The van der Waals surface area contributed by atoms with Crippen molar-refractivity contribution in [1.29, 1.82) is 0 Å². The van der Waals surface area contributed by atoms with Crippen LogP contribution < -0.4 is 0 Å². The molecule has 1 heterocycles. The Labute approximate surface area is 107 Å². The van der Waals surface area contributed by atoms with E-state index in [9.17, 15) is 9.59 Å². The Morgan fingerprint density at radius 1 is 1.17 bits per heavy atom. The van der Waals surface area contributed by atoms with Crippen LogP contribution in [0.4, 0.5) is 4.79 Å². The zero-order chi connectivity index (χ0) is 13.1. The first-order valence-corrected chi connectivity index (χ1v) is 6.24. The summed E-state index contributed by atoms with van der Waals surface area (Å²) in [7, 11) is 0. The minimum Gasteiger partial charge on any atom is -0.319 e. The Morgan fingerprint density at radius 2 is 1.83 bits per heavy atom. The lowest BCUT2D eigenvalue weighted by atomic mass is 10.1. The zero-order valence-electron chi connectivity index (χ0n) is 10.8. The van der Waals surface area contributed by atoms with E-state index in [1.54, 1.807) is 4.90 Å². The number of nitrogens with zero attached hydrogens (tertiary/aromatic N) is 2. The first-order chi connectivity index (χ1) is 8.59. The minimum atomic E-state index is -0.176. The van der Waals surface area contributed by atoms with Crippen LogP contribution in [0.2, 0.25) is 0 Å². The summed E-state index contributed by atoms with van der Waals surface area (Å²) in [6, 6.07) is 9.58. The van der Waals surface area contributed by atoms with E-state index in [2.05, 4.69) is 0 Å². The summed E-state index contributed by atoms with van der Waals surface area (Å²) in [5.74, 6) is -0.0701. The molecule has 0 radical (unpaired) electrons. The topological polar surface area (TPSA) is 40.6 Å². The quantitative estimate of drug-likeness (QED) is 0.820. The zero-order valence-corrected chi connectivity index (χ0v) is 10.8. The third kappa shape index (κ3) is 2.53. The largest absolute Gasteiger partial charge is 0.327 e. The molecule has 1 saturated heterocycles. The van der Waals surface area contributed by atoms with E-state index in [4.69, 9.17) is 0 Å². The van der Waals surface area contributed by atoms with Crippen LogP contribution in [0.5, 0.6) is 0 Å². The predicted octanol–water partition coefficient (Wildman–Crippen LogP) is 2.25. The third-order valence-corrected chi connectivity index (χ3v) is 3.07. The number of imide groups is 1. The molecule has 1 aromatic rings. The molecule has 0 spiro atoms. The van der Waals surface area contributed by atoms with Gasteiger partial charge < -0.3 is 4.90 Å². The highest BCUT2D eigenvalue weighted by molar-refractivity contribution is 5.97. The van der Waals surface area contributed by atoms with Crippen LogP contribution in [0.1, 0.15) is 25.8 Å². The molecule has 1 aliphatic rings. The van der Waals surface area contributed by atoms with Crippen LogP contribution in [-0.2, 0) is 11.3 Å². The second-order valence-electron chi connectivity index (χ2n) is 4.80. The van der Waals surface area contributed by atoms with Crippen LogP contribution >= 0.6 is 0 Å². The molecule has 1 fully saturated rings. The highest BCUT2D eigenvalue weighted by atomic mass is 16.2. The summed E-state index contributed by atoms with van der Waals surface area (Å²) in [5, 5.41) is 0. The Balaban J connectivity index is 2.11. The van der Waals surface area contributed by atoms with Gasteiger partial charge in [-0.15, -0.1) is 0 Å². The summed E-state index contributed by atoms with van der Waals surface area (Å²) < 4.78 is 0. The van der Waals surface area contributed by atoms with E-state index in [0.717, 1.165) is 5.56 Å². The molecule has 4 heteroatoms. The molecule has 0 saturated carbocycles. The number of rotatable bonds is 3. The number of hydrogen-bond donors (Lipinski definition) is 0. The van der Waals surface area contributed by atoms with Gasteiger partial charge in [-0.1, -0.05) is 30.3 Å². The Morgan fingerprint density at radius 3 is 2.44 bits per heavy atom. The minimum absolute atomic E-state index is 0.0701. The molecule has 0 unspecified atom stereocenters. The van der Waals surface area contributed by atoms with Gasteiger partial charge in [-0.05, 0) is 19.4 Å². The molecule has 2 rings (SSSR count). The lowest BCUT2D eigenvalue weighted by Gasteiger charge is -2.36. The van der Waals surface area contributed by atoms with Crippen LogP contribution in [-0.4, -0.2) is 34.3 Å². The van der Waals surface area contributed by atoms with Crippen LogP contribution in [0.25, 0.3) is 0 Å². The number of carbonyl (C=O) groups excluding carboxylic acids is 2. The summed E-state index contributed by atoms with van der Waals surface area (Å²) in [6.07, 6.45) is 0.413. The van der Waals surface area contributed by atoms with E-state index in [1.165, 1.54) is 4.90 Å². The first kappa shape index (κ1) is 12.6. The average Bonchev–Trinajstić information content (AvgIpc) is 2.34. The standard InChI is InChI=1S/C14H18N2O2/c1-11(2)16-13(17)8-9-15(14(16)18)10-12-6-4-3-5-7-12/h3-7,11H,8-10H2,1-2H3. The molecule has 0 atom stereocenters. The molecule has 4 nitrogen and oxygen atoms in total. The SMILES string of the molecule is CC(C)N1C(=O)CCN(Cc2ccccc2)C1=O. The summed E-state index contributed by atoms with van der Waals surface area (Å²) in [6.45, 7) is 4.80. The van der Waals surface area contributed by atoms with Gasteiger partial charge in [0.15, 0.2) is 0 Å². The number of benzene rings is 1. The fourth-order valence-corrected chi connectivity index (χ4v) is 2.17. The van der Waals surface area contributed by atoms with Crippen LogP contribution in [0.15, 0.2) is 30.3 Å². The average molecular weight is 246 g/mol. The van der Waals surface area contributed by atoms with Crippen molar-refractivity contribution in [3.05, 3.63) is 35.9 Å². The second-order valence-corrected chi connectivity index (χ2v) is 4.80. The fraction of sp³-hybridized carbons (Fsp3) is 0.429. The lowest BCUT2D eigenvalue weighted by molar-refractivity contribution is -0.132. The number of hydrogen-bond acceptors (Lipinski definition) is 2. The third-order valence-electron chi connectivity index (χ3n) is 3.07. The van der Waals surface area contributed by atoms with Gasteiger partial charge >= 0.3 is 6.03 Å². The molecule has 1 aromatic carbocycles. The van der Waals surface area contributed by atoms with Gasteiger partial charge in [-0.3, -0.25) is 9.69 Å². The van der Waals surface area contributed by atoms with Gasteiger partial charge in [0, 0.05) is 25.6 Å². The van der Waals surface area contributed by atoms with Crippen molar-refractivity contribution in [3.8, 4) is 0 Å². The van der Waals surface area contributed by atoms with E-state index in [-0.39, 0.29) is 18.0 Å². The van der Waals surface area contributed by atoms with Crippen LogP contribution in [0, 0.1) is 0 Å². The molecular weight excluding hydrogens is 228 g/mol. The van der Waals surface area contributed by atoms with Crippen molar-refractivity contribution in [2.24, 2.45) is 0 Å². The van der Waals surface area contributed by atoms with Gasteiger partial charge in [0.1, 0.15) is 0 Å². The van der Waals surface area contributed by atoms with Gasteiger partial charge in [-0.25, -0.2) is 4.79 Å². The lowest BCUT2D eigenvalue weighted by Crippen LogP contribution is -2.54. The molecular formula is C14H18N2O2. The van der Waals surface area contributed by atoms with Crippen molar-refractivity contribution in [2.45, 2.75) is 32.9 Å². The van der Waals surface area contributed by atoms with Crippen molar-refractivity contribution >= 4 is 11.9 Å². The number of urea groups is 1. The molecule has 96 valence electrons. The van der Waals surface area contributed by atoms with Crippen molar-refractivity contribution < 1.29 is 9.59 Å². The highest BCUT2D eigenvalue weighted by Crippen LogP contribution is 2.16. The van der Waals surface area contributed by atoms with E-state index in [1.807, 2.05) is 44.2 Å². The fourth-order valence-electron chi connectivity index (χ4n) is 2.17. The molecule has 3 amide bonds. The Bertz CT molecular complexity index is 442. The van der Waals surface area contributed by atoms with Crippen molar-refractivity contribution in [2.75, 3.05) is 6.54 Å². The van der Waals surface area contributed by atoms with E-state index < -0.39 is 0 Å². The monoisotopic (exact) mass is 246 g/mol. The number of carbonyl (C=O) groups is 2. The maximum Gasteiger partial charge on any atom is 0.327 e. The molecule has 0 bridgehead atoms. The van der Waals surface area contributed by atoms with Gasteiger partial charge in [-0.2, -0.15) is 0 Å². The predicted molar refractivity (Wildman–Crippen MR) is 68.8 cm³/mol. The number of amides is 3. The highest BCUT2D eigenvalue weighted by Gasteiger charge is 2.33. The summed E-state index contributed by atoms with van der Waals surface area (Å²) >= 11 is 0. The molecule has 1 aliphatic heterocycles. The molecule has 18 heavy (non-hydrogen) atoms. The van der Waals surface area contributed by atoms with Crippen molar-refractivity contribution in [1.82, 2.24) is 9.80 Å². The Hall–Kier alpha value is -1.84. The van der Waals surface area contributed by atoms with Crippen LogP contribution in [0.3, 0.4) is 0 Å². The second kappa shape index (κ2) is 5.21. The maximum atomic E-state index is 12.2. The van der Waals surface area contributed by atoms with Gasteiger partial charge in [0.2, 0.25) is 5.91 Å². The smallest absolute Gasteiger partial charge is 0.319 e. The Kier molecular flexibility index (Phi) is 3.65. The summed E-state index contributed by atoms with van der Waals surface area (Å²) in [4.78, 5) is 27.0.